The number of carbonyl (C=O) groups excluding carboxylic acids is 1. The molecule has 0 bridgehead atoms. The average Bonchev–Trinajstić information content (AvgIpc) is 2.93. The Balaban J connectivity index is 0.00000264. The van der Waals surface area contributed by atoms with Crippen LogP contribution in [0.2, 0.25) is 0 Å². The smallest absolute Gasteiger partial charge is 0.330 e. The van der Waals surface area contributed by atoms with Crippen molar-refractivity contribution >= 4 is 24.0 Å². The molecule has 1 aliphatic carbocycles. The van der Waals surface area contributed by atoms with Crippen LogP contribution in [0.3, 0.4) is 0 Å². The zero-order valence-electron chi connectivity index (χ0n) is 12.7. The number of amides is 1. The second kappa shape index (κ2) is 8.55. The standard InChI is InChI=1S/C16H21F3N2O.ClH/c17-16(18,19)8-7-11-3-1-5-13(9-11)21-15(22)14-6-2-4-12(14)10-20;/h1,3,5,9,12,14H,2,4,6-8,10,20H2,(H,21,22);1H/t12-,14-;/m1./s1. The Morgan fingerprint density at radius 3 is 2.70 bits per heavy atom. The molecule has 0 heterocycles. The van der Waals surface area contributed by atoms with Gasteiger partial charge in [-0.15, -0.1) is 12.4 Å². The van der Waals surface area contributed by atoms with E-state index in [9.17, 15) is 18.0 Å². The summed E-state index contributed by atoms with van der Waals surface area (Å²) in [6.07, 6.45) is -2.34. The highest BCUT2D eigenvalue weighted by Gasteiger charge is 2.32. The van der Waals surface area contributed by atoms with Crippen LogP contribution in [0.1, 0.15) is 31.2 Å². The largest absolute Gasteiger partial charge is 0.389 e. The van der Waals surface area contributed by atoms with Gasteiger partial charge in [0.05, 0.1) is 0 Å². The van der Waals surface area contributed by atoms with Crippen molar-refractivity contribution in [2.45, 2.75) is 38.3 Å². The van der Waals surface area contributed by atoms with E-state index in [4.69, 9.17) is 5.73 Å². The van der Waals surface area contributed by atoms with Gasteiger partial charge in [-0.25, -0.2) is 0 Å². The van der Waals surface area contributed by atoms with Gasteiger partial charge >= 0.3 is 6.18 Å². The lowest BCUT2D eigenvalue weighted by Gasteiger charge is -2.17. The highest BCUT2D eigenvalue weighted by atomic mass is 35.5. The molecule has 0 aliphatic heterocycles. The minimum Gasteiger partial charge on any atom is -0.330 e. The number of carbonyl (C=O) groups is 1. The maximum Gasteiger partial charge on any atom is 0.389 e. The molecule has 1 aromatic carbocycles. The van der Waals surface area contributed by atoms with Gasteiger partial charge in [0.1, 0.15) is 0 Å². The van der Waals surface area contributed by atoms with Gasteiger partial charge < -0.3 is 11.1 Å². The first-order chi connectivity index (χ1) is 10.4. The van der Waals surface area contributed by atoms with Crippen LogP contribution in [-0.4, -0.2) is 18.6 Å². The van der Waals surface area contributed by atoms with Crippen LogP contribution in [0, 0.1) is 11.8 Å². The lowest BCUT2D eigenvalue weighted by atomic mass is 9.95. The van der Waals surface area contributed by atoms with Gasteiger partial charge in [-0.3, -0.25) is 4.79 Å². The van der Waals surface area contributed by atoms with Gasteiger partial charge in [0.25, 0.3) is 0 Å². The van der Waals surface area contributed by atoms with Crippen molar-refractivity contribution in [1.29, 1.82) is 0 Å². The Hall–Kier alpha value is -1.27. The number of alkyl halides is 3. The number of hydrogen-bond acceptors (Lipinski definition) is 2. The van der Waals surface area contributed by atoms with Crippen molar-refractivity contribution in [1.82, 2.24) is 0 Å². The van der Waals surface area contributed by atoms with Crippen LogP contribution in [0.25, 0.3) is 0 Å². The number of nitrogens with two attached hydrogens (primary N) is 1. The van der Waals surface area contributed by atoms with Crippen LogP contribution >= 0.6 is 12.4 Å². The number of anilines is 1. The van der Waals surface area contributed by atoms with Gasteiger partial charge in [-0.1, -0.05) is 18.6 Å². The maximum absolute atomic E-state index is 12.3. The van der Waals surface area contributed by atoms with E-state index in [1.807, 2.05) is 0 Å². The lowest BCUT2D eigenvalue weighted by Crippen LogP contribution is -2.29. The van der Waals surface area contributed by atoms with E-state index in [0.29, 0.717) is 17.8 Å². The minimum atomic E-state index is -4.17. The Morgan fingerprint density at radius 1 is 1.30 bits per heavy atom. The van der Waals surface area contributed by atoms with Crippen molar-refractivity contribution in [3.63, 3.8) is 0 Å². The summed E-state index contributed by atoms with van der Waals surface area (Å²) < 4.78 is 36.8. The van der Waals surface area contributed by atoms with Crippen molar-refractivity contribution in [3.05, 3.63) is 29.8 Å². The van der Waals surface area contributed by atoms with Gasteiger partial charge in [-0.05, 0) is 49.4 Å². The molecule has 1 aromatic rings. The highest BCUT2D eigenvalue weighted by molar-refractivity contribution is 5.93. The number of benzene rings is 1. The monoisotopic (exact) mass is 350 g/mol. The topological polar surface area (TPSA) is 55.1 Å². The predicted molar refractivity (Wildman–Crippen MR) is 86.6 cm³/mol. The first-order valence-corrected chi connectivity index (χ1v) is 7.55. The normalized spacial score (nSPS) is 20.9. The Kier molecular flexibility index (Phi) is 7.35. The molecule has 2 atom stereocenters. The molecule has 3 nitrogen and oxygen atoms in total. The van der Waals surface area contributed by atoms with Gasteiger partial charge in [0.2, 0.25) is 5.91 Å². The maximum atomic E-state index is 12.3. The van der Waals surface area contributed by atoms with E-state index in [2.05, 4.69) is 5.32 Å². The SMILES string of the molecule is Cl.NC[C@H]1CCC[C@H]1C(=O)Nc1cccc(CCC(F)(F)F)c1. The number of rotatable bonds is 5. The van der Waals surface area contributed by atoms with E-state index in [1.165, 1.54) is 0 Å². The molecule has 1 aliphatic rings. The molecule has 130 valence electrons. The van der Waals surface area contributed by atoms with Crippen LogP contribution in [0.5, 0.6) is 0 Å². The van der Waals surface area contributed by atoms with Crippen LogP contribution in [0.4, 0.5) is 18.9 Å². The molecule has 0 spiro atoms. The van der Waals surface area contributed by atoms with Crippen molar-refractivity contribution < 1.29 is 18.0 Å². The molecular formula is C16H22ClF3N2O. The summed E-state index contributed by atoms with van der Waals surface area (Å²) in [6, 6.07) is 6.60. The summed E-state index contributed by atoms with van der Waals surface area (Å²) >= 11 is 0. The van der Waals surface area contributed by atoms with E-state index < -0.39 is 12.6 Å². The molecule has 23 heavy (non-hydrogen) atoms. The molecule has 1 amide bonds. The summed E-state index contributed by atoms with van der Waals surface area (Å²) in [6.45, 7) is 0.490. The lowest BCUT2D eigenvalue weighted by molar-refractivity contribution is -0.134. The van der Waals surface area contributed by atoms with Gasteiger partial charge in [-0.2, -0.15) is 13.2 Å². The van der Waals surface area contributed by atoms with Crippen molar-refractivity contribution in [3.8, 4) is 0 Å². The molecule has 7 heteroatoms. The third-order valence-corrected chi connectivity index (χ3v) is 4.19. The number of aryl methyl sites for hydroxylation is 1. The zero-order valence-corrected chi connectivity index (χ0v) is 13.6. The predicted octanol–water partition coefficient (Wildman–Crippen LogP) is 3.92. The fourth-order valence-corrected chi connectivity index (χ4v) is 2.99. The summed E-state index contributed by atoms with van der Waals surface area (Å²) in [5, 5.41) is 2.81. The van der Waals surface area contributed by atoms with E-state index in [-0.39, 0.29) is 36.6 Å². The summed E-state index contributed by atoms with van der Waals surface area (Å²) in [5.74, 6) is 0.0261. The highest BCUT2D eigenvalue weighted by Crippen LogP contribution is 2.32. The molecule has 0 radical (unpaired) electrons. The molecule has 0 unspecified atom stereocenters. The van der Waals surface area contributed by atoms with E-state index >= 15 is 0 Å². The average molecular weight is 351 g/mol. The number of hydrogen-bond donors (Lipinski definition) is 2. The molecule has 0 aromatic heterocycles. The first kappa shape index (κ1) is 19.8. The summed E-state index contributed by atoms with van der Waals surface area (Å²) in [5.41, 5.74) is 6.79. The molecule has 3 N–H and O–H groups in total. The second-order valence-electron chi connectivity index (χ2n) is 5.84. The Bertz CT molecular complexity index is 522. The Labute approximate surface area is 140 Å². The molecule has 0 saturated heterocycles. The van der Waals surface area contributed by atoms with Crippen LogP contribution in [-0.2, 0) is 11.2 Å². The molecule has 1 fully saturated rings. The fourth-order valence-electron chi connectivity index (χ4n) is 2.99. The van der Waals surface area contributed by atoms with E-state index in [1.54, 1.807) is 24.3 Å². The quantitative estimate of drug-likeness (QED) is 0.845. The third-order valence-electron chi connectivity index (χ3n) is 4.19. The summed E-state index contributed by atoms with van der Waals surface area (Å²) in [7, 11) is 0. The minimum absolute atomic E-state index is 0. The molecule has 1 saturated carbocycles. The van der Waals surface area contributed by atoms with Crippen LogP contribution < -0.4 is 11.1 Å². The second-order valence-corrected chi connectivity index (χ2v) is 5.84. The van der Waals surface area contributed by atoms with Crippen LogP contribution in [0.15, 0.2) is 24.3 Å². The van der Waals surface area contributed by atoms with E-state index in [0.717, 1.165) is 19.3 Å². The molecule has 2 rings (SSSR count). The first-order valence-electron chi connectivity index (χ1n) is 7.55. The molecular weight excluding hydrogens is 329 g/mol. The Morgan fingerprint density at radius 2 is 2.04 bits per heavy atom. The van der Waals surface area contributed by atoms with Gasteiger partial charge in [0, 0.05) is 18.0 Å². The van der Waals surface area contributed by atoms with Gasteiger partial charge in [0.15, 0.2) is 0 Å². The summed E-state index contributed by atoms with van der Waals surface area (Å²) in [4.78, 5) is 12.3. The zero-order chi connectivity index (χ0) is 16.2. The number of halogens is 4. The number of nitrogens with one attached hydrogen (secondary N) is 1. The van der Waals surface area contributed by atoms with Crippen molar-refractivity contribution in [2.75, 3.05) is 11.9 Å². The van der Waals surface area contributed by atoms with Crippen molar-refractivity contribution in [2.24, 2.45) is 17.6 Å². The third kappa shape index (κ3) is 6.03. The fraction of sp³-hybridized carbons (Fsp3) is 0.562.